The van der Waals surface area contributed by atoms with Crippen molar-refractivity contribution >= 4 is 0 Å². The van der Waals surface area contributed by atoms with E-state index in [2.05, 4.69) is 79.5 Å². The average Bonchev–Trinajstić information content (AvgIpc) is 2.84. The Bertz CT molecular complexity index is 791. The first-order chi connectivity index (χ1) is 17.4. The van der Waals surface area contributed by atoms with Crippen LogP contribution in [0.5, 0.6) is 0 Å². The maximum absolute atomic E-state index is 2.73. The first-order valence-corrected chi connectivity index (χ1v) is 15.0. The van der Waals surface area contributed by atoms with E-state index in [1.165, 1.54) is 115 Å². The van der Waals surface area contributed by atoms with Crippen molar-refractivity contribution in [1.82, 2.24) is 19.6 Å². The molecule has 0 atom stereocenters. The van der Waals surface area contributed by atoms with Gasteiger partial charge in [-0.2, -0.15) is 0 Å². The Morgan fingerprint density at radius 3 is 2.17 bits per heavy atom. The molecule has 0 bridgehead atoms. The number of nitrogens with zero attached hydrogens (tertiary/aromatic N) is 4. The van der Waals surface area contributed by atoms with Gasteiger partial charge in [0.2, 0.25) is 0 Å². The molecule has 204 valence electrons. The summed E-state index contributed by atoms with van der Waals surface area (Å²) in [5, 5.41) is 0. The van der Waals surface area contributed by atoms with Gasteiger partial charge in [0.15, 0.2) is 0 Å². The minimum atomic E-state index is 0.718. The summed E-state index contributed by atoms with van der Waals surface area (Å²) in [6, 6.07) is 0. The Morgan fingerprint density at radius 1 is 0.917 bits per heavy atom. The zero-order valence-electron chi connectivity index (χ0n) is 24.6. The number of hydrogen-bond donors (Lipinski definition) is 0. The number of hydrogen-bond acceptors (Lipinski definition) is 4. The Kier molecular flexibility index (Phi) is 12.3. The van der Waals surface area contributed by atoms with E-state index in [0.717, 1.165) is 12.5 Å². The van der Waals surface area contributed by atoms with Crippen molar-refractivity contribution < 1.29 is 0 Å². The minimum absolute atomic E-state index is 0.718. The van der Waals surface area contributed by atoms with Gasteiger partial charge in [-0.3, -0.25) is 4.90 Å². The lowest BCUT2D eigenvalue weighted by molar-refractivity contribution is 0.123. The molecule has 4 nitrogen and oxygen atoms in total. The molecule has 1 fully saturated rings. The topological polar surface area (TPSA) is 13.0 Å². The molecule has 0 radical (unpaired) electrons. The highest BCUT2D eigenvalue weighted by Crippen LogP contribution is 2.32. The molecular formula is C32H56N4. The Labute approximate surface area is 223 Å². The zero-order chi connectivity index (χ0) is 25.9. The molecule has 1 aliphatic carbocycles. The standard InChI is InChI=1S/C32H56N4/c1-7-30-14-19-35(26-32(30)31-13-9-8-12-29(31)6)17-10-15-33-20-22-34(23-21-33)16-11-18-36(24-27(2)3)25-28(4)5/h12-13,24,28H,7-11,14-23,25-26H2,1-6H3. The van der Waals surface area contributed by atoms with Crippen LogP contribution >= 0.6 is 0 Å². The molecule has 3 rings (SSSR count). The molecule has 0 aromatic heterocycles. The molecule has 0 aromatic carbocycles. The van der Waals surface area contributed by atoms with Crippen LogP contribution in [-0.2, 0) is 0 Å². The SMILES string of the molecule is CCC1=C(C2=CCCC=C2C)CN(CCCN2CCN(CCCN(C=C(C)C)CC(C)C)CC2)CC1. The monoisotopic (exact) mass is 496 g/mol. The van der Waals surface area contributed by atoms with Gasteiger partial charge in [0.05, 0.1) is 0 Å². The van der Waals surface area contributed by atoms with Crippen LogP contribution < -0.4 is 0 Å². The summed E-state index contributed by atoms with van der Waals surface area (Å²) in [6.45, 7) is 27.2. The number of rotatable bonds is 13. The van der Waals surface area contributed by atoms with Crippen molar-refractivity contribution in [2.75, 3.05) is 72.0 Å². The molecule has 0 amide bonds. The van der Waals surface area contributed by atoms with Crippen molar-refractivity contribution in [3.8, 4) is 0 Å². The van der Waals surface area contributed by atoms with Crippen LogP contribution in [0.2, 0.25) is 0 Å². The van der Waals surface area contributed by atoms with Crippen molar-refractivity contribution in [2.24, 2.45) is 5.92 Å². The highest BCUT2D eigenvalue weighted by atomic mass is 15.3. The van der Waals surface area contributed by atoms with E-state index >= 15 is 0 Å². The van der Waals surface area contributed by atoms with Crippen LogP contribution in [0.25, 0.3) is 0 Å². The molecule has 3 aliphatic rings. The van der Waals surface area contributed by atoms with Gasteiger partial charge in [-0.15, -0.1) is 0 Å². The molecule has 2 aliphatic heterocycles. The van der Waals surface area contributed by atoms with Crippen LogP contribution in [0.4, 0.5) is 0 Å². The largest absolute Gasteiger partial charge is 0.377 e. The second-order valence-corrected chi connectivity index (χ2v) is 12.0. The van der Waals surface area contributed by atoms with Crippen molar-refractivity contribution in [3.05, 3.63) is 46.2 Å². The maximum atomic E-state index is 2.73. The van der Waals surface area contributed by atoms with Gasteiger partial charge < -0.3 is 14.7 Å². The predicted octanol–water partition coefficient (Wildman–Crippen LogP) is 6.34. The molecule has 2 heterocycles. The first kappa shape index (κ1) is 29.2. The Hall–Kier alpha value is -1.36. The van der Waals surface area contributed by atoms with Gasteiger partial charge in [-0.1, -0.05) is 44.1 Å². The second kappa shape index (κ2) is 15.1. The van der Waals surface area contributed by atoms with Gasteiger partial charge in [-0.25, -0.2) is 0 Å². The zero-order valence-corrected chi connectivity index (χ0v) is 24.6. The quantitative estimate of drug-likeness (QED) is 0.295. The van der Waals surface area contributed by atoms with E-state index in [-0.39, 0.29) is 0 Å². The lowest BCUT2D eigenvalue weighted by Gasteiger charge is -2.36. The van der Waals surface area contributed by atoms with Crippen LogP contribution in [0.15, 0.2) is 46.2 Å². The third-order valence-corrected chi connectivity index (χ3v) is 8.05. The highest BCUT2D eigenvalue weighted by molar-refractivity contribution is 5.50. The molecule has 0 unspecified atom stereocenters. The summed E-state index contributed by atoms with van der Waals surface area (Å²) in [4.78, 5) is 10.7. The second-order valence-electron chi connectivity index (χ2n) is 12.0. The summed E-state index contributed by atoms with van der Waals surface area (Å²) in [5.41, 5.74) is 7.84. The smallest absolute Gasteiger partial charge is 0.0239 e. The molecular weight excluding hydrogens is 440 g/mol. The molecule has 36 heavy (non-hydrogen) atoms. The Morgan fingerprint density at radius 2 is 1.56 bits per heavy atom. The normalized spacial score (nSPS) is 20.5. The highest BCUT2D eigenvalue weighted by Gasteiger charge is 2.22. The maximum Gasteiger partial charge on any atom is 0.0239 e. The van der Waals surface area contributed by atoms with Gasteiger partial charge in [0.25, 0.3) is 0 Å². The van der Waals surface area contributed by atoms with Crippen molar-refractivity contribution in [1.29, 1.82) is 0 Å². The fourth-order valence-electron chi connectivity index (χ4n) is 6.17. The van der Waals surface area contributed by atoms with E-state index in [0.29, 0.717) is 0 Å². The van der Waals surface area contributed by atoms with Crippen LogP contribution in [-0.4, -0.2) is 91.6 Å². The first-order valence-electron chi connectivity index (χ1n) is 15.0. The Balaban J connectivity index is 1.34. The fourth-order valence-corrected chi connectivity index (χ4v) is 6.17. The summed E-state index contributed by atoms with van der Waals surface area (Å²) >= 11 is 0. The summed E-state index contributed by atoms with van der Waals surface area (Å²) in [7, 11) is 0. The van der Waals surface area contributed by atoms with Crippen molar-refractivity contribution in [2.45, 2.75) is 80.1 Å². The van der Waals surface area contributed by atoms with Crippen molar-refractivity contribution in [3.63, 3.8) is 0 Å². The molecule has 0 spiro atoms. The van der Waals surface area contributed by atoms with Gasteiger partial charge >= 0.3 is 0 Å². The lowest BCUT2D eigenvalue weighted by Crippen LogP contribution is -2.47. The molecule has 4 heteroatoms. The van der Waals surface area contributed by atoms with E-state index in [9.17, 15) is 0 Å². The predicted molar refractivity (Wildman–Crippen MR) is 157 cm³/mol. The molecule has 0 aromatic rings. The molecule has 0 saturated carbocycles. The molecule has 0 N–H and O–H groups in total. The third kappa shape index (κ3) is 9.50. The average molecular weight is 497 g/mol. The molecule has 1 saturated heterocycles. The lowest BCUT2D eigenvalue weighted by atomic mass is 9.86. The number of piperazine rings is 1. The van der Waals surface area contributed by atoms with Gasteiger partial charge in [-0.05, 0) is 108 Å². The number of allylic oxidation sites excluding steroid dienone is 4. The van der Waals surface area contributed by atoms with Crippen LogP contribution in [0, 0.1) is 5.92 Å². The summed E-state index contributed by atoms with van der Waals surface area (Å²) in [6.07, 6.45) is 14.8. The van der Waals surface area contributed by atoms with Crippen LogP contribution in [0.1, 0.15) is 80.1 Å². The summed E-state index contributed by atoms with van der Waals surface area (Å²) in [5.74, 6) is 0.718. The summed E-state index contributed by atoms with van der Waals surface area (Å²) < 4.78 is 0. The van der Waals surface area contributed by atoms with E-state index in [1.54, 1.807) is 16.7 Å². The van der Waals surface area contributed by atoms with Gasteiger partial charge in [0.1, 0.15) is 0 Å². The van der Waals surface area contributed by atoms with E-state index in [1.807, 2.05) is 0 Å². The van der Waals surface area contributed by atoms with E-state index < -0.39 is 0 Å². The fraction of sp³-hybridized carbons (Fsp3) is 0.750. The van der Waals surface area contributed by atoms with E-state index in [4.69, 9.17) is 0 Å². The van der Waals surface area contributed by atoms with Gasteiger partial charge in [0, 0.05) is 52.4 Å². The third-order valence-electron chi connectivity index (χ3n) is 8.05. The van der Waals surface area contributed by atoms with Crippen LogP contribution in [0.3, 0.4) is 0 Å². The minimum Gasteiger partial charge on any atom is -0.377 e.